The smallest absolute Gasteiger partial charge is 0.308 e. The summed E-state index contributed by atoms with van der Waals surface area (Å²) >= 11 is 2.09. The van der Waals surface area contributed by atoms with Gasteiger partial charge in [-0.2, -0.15) is 0 Å². The molecule has 0 atom stereocenters. The van der Waals surface area contributed by atoms with Crippen molar-refractivity contribution < 1.29 is 19.0 Å². The number of ether oxygens (including phenoxy) is 3. The van der Waals surface area contributed by atoms with Crippen LogP contribution in [0.5, 0.6) is 17.2 Å². The molecule has 0 aliphatic rings. The van der Waals surface area contributed by atoms with Crippen molar-refractivity contribution in [2.75, 3.05) is 14.2 Å². The molecule has 0 aliphatic carbocycles. The summed E-state index contributed by atoms with van der Waals surface area (Å²) in [5.41, 5.74) is 0. The van der Waals surface area contributed by atoms with Crippen LogP contribution in [0.3, 0.4) is 0 Å². The third kappa shape index (κ3) is 2.74. The number of carbonyl (C=O) groups excluding carboxylic acids is 1. The normalized spacial score (nSPS) is 9.60. The number of methoxy groups -OCH3 is 2. The first-order valence-corrected chi connectivity index (χ1v) is 5.27. The highest BCUT2D eigenvalue weighted by Crippen LogP contribution is 2.40. The van der Waals surface area contributed by atoms with E-state index >= 15 is 0 Å². The van der Waals surface area contributed by atoms with Crippen LogP contribution in [0.25, 0.3) is 0 Å². The lowest BCUT2D eigenvalue weighted by atomic mass is 10.3. The molecule has 15 heavy (non-hydrogen) atoms. The molecule has 1 aromatic carbocycles. The predicted octanol–water partition coefficient (Wildman–Crippen LogP) is 2.23. The second kappa shape index (κ2) is 5.20. The maximum absolute atomic E-state index is 10.9. The summed E-state index contributed by atoms with van der Waals surface area (Å²) in [7, 11) is 3.03. The van der Waals surface area contributed by atoms with Crippen molar-refractivity contribution in [1.82, 2.24) is 0 Å². The number of rotatable bonds is 3. The first-order valence-electron chi connectivity index (χ1n) is 4.19. The van der Waals surface area contributed by atoms with Gasteiger partial charge in [0.25, 0.3) is 0 Å². The van der Waals surface area contributed by atoms with Crippen LogP contribution in [0.2, 0.25) is 0 Å². The third-order valence-electron chi connectivity index (χ3n) is 1.70. The van der Waals surface area contributed by atoms with Crippen LogP contribution >= 0.6 is 22.6 Å². The lowest BCUT2D eigenvalue weighted by Gasteiger charge is -2.13. The second-order valence-corrected chi connectivity index (χ2v) is 3.87. The van der Waals surface area contributed by atoms with Gasteiger partial charge < -0.3 is 14.2 Å². The lowest BCUT2D eigenvalue weighted by Crippen LogP contribution is -2.05. The minimum absolute atomic E-state index is 0.319. The maximum Gasteiger partial charge on any atom is 0.308 e. The van der Waals surface area contributed by atoms with Crippen LogP contribution in [0.1, 0.15) is 6.92 Å². The molecule has 82 valence electrons. The molecule has 0 N–H and O–H groups in total. The Balaban J connectivity index is 3.26. The van der Waals surface area contributed by atoms with Gasteiger partial charge in [-0.15, -0.1) is 0 Å². The summed E-state index contributed by atoms with van der Waals surface area (Å²) < 4.78 is 16.1. The van der Waals surface area contributed by atoms with Crippen LogP contribution in [-0.2, 0) is 4.79 Å². The first kappa shape index (κ1) is 12.1. The van der Waals surface area contributed by atoms with Crippen molar-refractivity contribution in [3.63, 3.8) is 0 Å². The molecule has 0 unspecified atom stereocenters. The van der Waals surface area contributed by atoms with Crippen LogP contribution in [0.4, 0.5) is 0 Å². The molecular weight excluding hydrogens is 311 g/mol. The topological polar surface area (TPSA) is 44.8 Å². The van der Waals surface area contributed by atoms with E-state index < -0.39 is 5.97 Å². The molecule has 0 aliphatic heterocycles. The van der Waals surface area contributed by atoms with E-state index in [2.05, 4.69) is 22.6 Å². The Hall–Kier alpha value is -0.980. The Morgan fingerprint density at radius 3 is 2.33 bits per heavy atom. The van der Waals surface area contributed by atoms with Gasteiger partial charge in [0.1, 0.15) is 0 Å². The molecule has 0 amide bonds. The molecule has 0 bridgehead atoms. The lowest BCUT2D eigenvalue weighted by molar-refractivity contribution is -0.132. The summed E-state index contributed by atoms with van der Waals surface area (Å²) in [6, 6.07) is 3.55. The Labute approximate surface area is 102 Å². The number of carbonyl (C=O) groups is 1. The van der Waals surface area contributed by atoms with Gasteiger partial charge in [0.2, 0.25) is 5.75 Å². The molecular formula is C10H11IO4. The average molecular weight is 322 g/mol. The predicted molar refractivity (Wildman–Crippen MR) is 63.6 cm³/mol. The zero-order valence-electron chi connectivity index (χ0n) is 8.67. The van der Waals surface area contributed by atoms with Crippen molar-refractivity contribution in [3.8, 4) is 17.2 Å². The van der Waals surface area contributed by atoms with Gasteiger partial charge in [0, 0.05) is 6.92 Å². The number of halogens is 1. The van der Waals surface area contributed by atoms with Gasteiger partial charge in [-0.3, -0.25) is 4.79 Å². The molecule has 4 nitrogen and oxygen atoms in total. The van der Waals surface area contributed by atoms with Crippen molar-refractivity contribution >= 4 is 28.6 Å². The molecule has 5 heteroatoms. The molecule has 0 radical (unpaired) electrons. The number of esters is 1. The maximum atomic E-state index is 10.9. The highest BCUT2D eigenvalue weighted by Gasteiger charge is 2.16. The van der Waals surface area contributed by atoms with Crippen LogP contribution in [-0.4, -0.2) is 20.2 Å². The molecule has 0 saturated carbocycles. The number of hydrogen-bond donors (Lipinski definition) is 0. The zero-order chi connectivity index (χ0) is 11.4. The quantitative estimate of drug-likeness (QED) is 0.486. The average Bonchev–Trinajstić information content (AvgIpc) is 2.18. The van der Waals surface area contributed by atoms with Crippen LogP contribution in [0, 0.1) is 3.57 Å². The van der Waals surface area contributed by atoms with Crippen LogP contribution < -0.4 is 14.2 Å². The van der Waals surface area contributed by atoms with Gasteiger partial charge in [-0.1, -0.05) is 0 Å². The van der Waals surface area contributed by atoms with E-state index in [-0.39, 0.29) is 0 Å². The SMILES string of the molecule is COc1ccc(I)c(OC)c1OC(C)=O. The van der Waals surface area contributed by atoms with E-state index in [1.807, 2.05) is 6.07 Å². The number of benzene rings is 1. The van der Waals surface area contributed by atoms with Gasteiger partial charge in [0.05, 0.1) is 17.8 Å². The van der Waals surface area contributed by atoms with E-state index in [1.54, 1.807) is 6.07 Å². The van der Waals surface area contributed by atoms with Gasteiger partial charge in [0.15, 0.2) is 11.5 Å². The van der Waals surface area contributed by atoms with Gasteiger partial charge in [-0.25, -0.2) is 0 Å². The molecule has 0 aromatic heterocycles. The monoisotopic (exact) mass is 322 g/mol. The minimum atomic E-state index is -0.409. The molecule has 1 rings (SSSR count). The van der Waals surface area contributed by atoms with E-state index in [1.165, 1.54) is 21.1 Å². The summed E-state index contributed by atoms with van der Waals surface area (Å²) in [6.07, 6.45) is 0. The highest BCUT2D eigenvalue weighted by molar-refractivity contribution is 14.1. The fourth-order valence-electron chi connectivity index (χ4n) is 1.11. The van der Waals surface area contributed by atoms with Crippen molar-refractivity contribution in [2.24, 2.45) is 0 Å². The van der Waals surface area contributed by atoms with E-state index in [0.717, 1.165) is 3.57 Å². The van der Waals surface area contributed by atoms with Gasteiger partial charge in [-0.05, 0) is 34.7 Å². The van der Waals surface area contributed by atoms with E-state index in [0.29, 0.717) is 17.2 Å². The minimum Gasteiger partial charge on any atom is -0.493 e. The Kier molecular flexibility index (Phi) is 4.19. The summed E-state index contributed by atoms with van der Waals surface area (Å²) in [5, 5.41) is 0. The van der Waals surface area contributed by atoms with E-state index in [4.69, 9.17) is 14.2 Å². The molecule has 0 fully saturated rings. The van der Waals surface area contributed by atoms with Crippen molar-refractivity contribution in [1.29, 1.82) is 0 Å². The zero-order valence-corrected chi connectivity index (χ0v) is 10.8. The molecule has 0 heterocycles. The van der Waals surface area contributed by atoms with Crippen molar-refractivity contribution in [3.05, 3.63) is 15.7 Å². The number of hydrogen-bond acceptors (Lipinski definition) is 4. The third-order valence-corrected chi connectivity index (χ3v) is 2.55. The largest absolute Gasteiger partial charge is 0.493 e. The molecule has 1 aromatic rings. The summed E-state index contributed by atoms with van der Waals surface area (Å²) in [4.78, 5) is 10.9. The fourth-order valence-corrected chi connectivity index (χ4v) is 1.76. The second-order valence-electron chi connectivity index (χ2n) is 2.71. The standard InChI is InChI=1S/C10H11IO4/c1-6(12)15-10-8(13-2)5-4-7(11)9(10)14-3/h4-5H,1-3H3. The Morgan fingerprint density at radius 1 is 1.20 bits per heavy atom. The highest BCUT2D eigenvalue weighted by atomic mass is 127. The summed E-state index contributed by atoms with van der Waals surface area (Å²) in [5.74, 6) is 0.889. The molecule has 0 spiro atoms. The van der Waals surface area contributed by atoms with Gasteiger partial charge >= 0.3 is 5.97 Å². The van der Waals surface area contributed by atoms with E-state index in [9.17, 15) is 4.79 Å². The van der Waals surface area contributed by atoms with Crippen molar-refractivity contribution in [2.45, 2.75) is 6.92 Å². The summed E-state index contributed by atoms with van der Waals surface area (Å²) in [6.45, 7) is 1.33. The fraction of sp³-hybridized carbons (Fsp3) is 0.300. The van der Waals surface area contributed by atoms with Crippen LogP contribution in [0.15, 0.2) is 12.1 Å². The Morgan fingerprint density at radius 2 is 1.87 bits per heavy atom. The first-order chi connectivity index (χ1) is 7.10. The Bertz CT molecular complexity index is 376. The molecule has 0 saturated heterocycles.